The number of carbonyl (C=O) groups excluding carboxylic acids is 1. The molecule has 1 aromatic heterocycles. The van der Waals surface area contributed by atoms with Crippen LogP contribution in [-0.2, 0) is 17.8 Å². The number of thiocarbonyl (C=S) groups is 1. The lowest BCUT2D eigenvalue weighted by atomic mass is 10.2. The number of nitrogens with zero attached hydrogens (tertiary/aromatic N) is 1. The van der Waals surface area contributed by atoms with E-state index in [2.05, 4.69) is 24.4 Å². The molecule has 142 valence electrons. The first kappa shape index (κ1) is 19.2. The van der Waals surface area contributed by atoms with Crippen molar-refractivity contribution in [3.8, 4) is 5.75 Å². The zero-order valence-corrected chi connectivity index (χ0v) is 16.6. The van der Waals surface area contributed by atoms with Crippen LogP contribution in [0, 0.1) is 5.92 Å². The number of aryl methyl sites for hydroxylation is 1. The molecule has 3 rings (SSSR count). The second-order valence-corrected chi connectivity index (χ2v) is 7.27. The molecule has 1 N–H and O–H groups in total. The molecule has 2 heterocycles. The number of rotatable bonds is 7. The molecule has 2 aromatic rings. The average molecular weight is 385 g/mol. The van der Waals surface area contributed by atoms with E-state index in [0.717, 1.165) is 12.2 Å². The van der Waals surface area contributed by atoms with Gasteiger partial charge in [-0.3, -0.25) is 9.69 Å². The average Bonchev–Trinajstić information content (AvgIpc) is 3.20. The van der Waals surface area contributed by atoms with Crippen LogP contribution < -0.4 is 10.1 Å². The molecule has 0 radical (unpaired) electrons. The van der Waals surface area contributed by atoms with Crippen LogP contribution in [0.1, 0.15) is 37.9 Å². The van der Waals surface area contributed by atoms with E-state index in [4.69, 9.17) is 21.4 Å². The monoisotopic (exact) mass is 384 g/mol. The summed E-state index contributed by atoms with van der Waals surface area (Å²) in [6.45, 7) is 7.13. The maximum absolute atomic E-state index is 12.5. The van der Waals surface area contributed by atoms with Crippen LogP contribution in [0.3, 0.4) is 0 Å². The molecule has 1 aliphatic heterocycles. The predicted octanol–water partition coefficient (Wildman–Crippen LogP) is 4.13. The van der Waals surface area contributed by atoms with Gasteiger partial charge in [0.1, 0.15) is 29.6 Å². The van der Waals surface area contributed by atoms with Crippen molar-refractivity contribution in [1.82, 2.24) is 10.2 Å². The highest BCUT2D eigenvalue weighted by Gasteiger charge is 2.31. The summed E-state index contributed by atoms with van der Waals surface area (Å²) in [4.78, 5) is 14.0. The minimum absolute atomic E-state index is 0.126. The van der Waals surface area contributed by atoms with E-state index in [1.165, 1.54) is 5.56 Å². The zero-order chi connectivity index (χ0) is 19.4. The smallest absolute Gasteiger partial charge is 0.276 e. The van der Waals surface area contributed by atoms with Crippen LogP contribution in [0.5, 0.6) is 5.75 Å². The first-order valence-corrected chi connectivity index (χ1v) is 9.52. The van der Waals surface area contributed by atoms with E-state index < -0.39 is 0 Å². The van der Waals surface area contributed by atoms with Gasteiger partial charge in [0.15, 0.2) is 5.11 Å². The normalized spacial score (nSPS) is 15.7. The highest BCUT2D eigenvalue weighted by atomic mass is 32.1. The highest BCUT2D eigenvalue weighted by Crippen LogP contribution is 2.19. The Morgan fingerprint density at radius 2 is 1.96 bits per heavy atom. The Labute approximate surface area is 165 Å². The van der Waals surface area contributed by atoms with Gasteiger partial charge in [0, 0.05) is 12.6 Å². The molecule has 5 nitrogen and oxygen atoms in total. The Kier molecular flexibility index (Phi) is 5.96. The lowest BCUT2D eigenvalue weighted by Crippen LogP contribution is -2.33. The molecule has 0 unspecified atom stereocenters. The van der Waals surface area contributed by atoms with Crippen molar-refractivity contribution in [3.63, 3.8) is 0 Å². The molecule has 0 aliphatic carbocycles. The third-order valence-electron chi connectivity index (χ3n) is 4.19. The molecule has 0 saturated carbocycles. The largest absolute Gasteiger partial charge is 0.486 e. The number of hydrogen-bond donors (Lipinski definition) is 1. The lowest BCUT2D eigenvalue weighted by molar-refractivity contribution is -0.122. The lowest BCUT2D eigenvalue weighted by Gasteiger charge is -2.15. The molecule has 1 saturated heterocycles. The van der Waals surface area contributed by atoms with Gasteiger partial charge >= 0.3 is 0 Å². The van der Waals surface area contributed by atoms with Gasteiger partial charge in [0.2, 0.25) is 0 Å². The van der Waals surface area contributed by atoms with Gasteiger partial charge in [-0.05, 0) is 54.4 Å². The molecule has 6 heteroatoms. The van der Waals surface area contributed by atoms with Crippen LogP contribution in [0.4, 0.5) is 0 Å². The number of hydrogen-bond acceptors (Lipinski definition) is 4. The molecule has 1 aromatic carbocycles. The quantitative estimate of drug-likeness (QED) is 0.574. The second-order valence-electron chi connectivity index (χ2n) is 6.89. The van der Waals surface area contributed by atoms with E-state index in [-0.39, 0.29) is 5.91 Å². The number of benzene rings is 1. The van der Waals surface area contributed by atoms with Gasteiger partial charge in [-0.15, -0.1) is 0 Å². The summed E-state index contributed by atoms with van der Waals surface area (Å²) in [7, 11) is 0. The van der Waals surface area contributed by atoms with Gasteiger partial charge < -0.3 is 14.5 Å². The number of nitrogens with one attached hydrogen (secondary N) is 1. The first-order chi connectivity index (χ1) is 13.0. The molecular formula is C21H24N2O3S. The van der Waals surface area contributed by atoms with E-state index in [9.17, 15) is 4.79 Å². The van der Waals surface area contributed by atoms with Gasteiger partial charge in [0.25, 0.3) is 5.91 Å². The Hall–Kier alpha value is -2.60. The first-order valence-electron chi connectivity index (χ1n) is 9.11. The molecule has 1 aliphatic rings. The number of furan rings is 1. The van der Waals surface area contributed by atoms with E-state index in [1.807, 2.05) is 38.1 Å². The second kappa shape index (κ2) is 8.39. The minimum Gasteiger partial charge on any atom is -0.486 e. The van der Waals surface area contributed by atoms with Gasteiger partial charge in [-0.2, -0.15) is 0 Å². The minimum atomic E-state index is -0.126. The zero-order valence-electron chi connectivity index (χ0n) is 15.8. The molecule has 1 fully saturated rings. The number of amides is 1. The Bertz CT molecular complexity index is 853. The van der Waals surface area contributed by atoms with Gasteiger partial charge in [-0.25, -0.2) is 0 Å². The Morgan fingerprint density at radius 1 is 1.22 bits per heavy atom. The number of ether oxygens (including phenoxy) is 1. The third kappa shape index (κ3) is 4.77. The standard InChI is InChI=1S/C21H24N2O3S/c1-4-15-5-7-16(8-6-15)25-13-18-10-9-17(26-18)11-19-20(24)23(12-14(2)3)21(27)22-19/h5-11,14H,4,12-13H2,1-3H3,(H,22,27)/b19-11+. The van der Waals surface area contributed by atoms with Gasteiger partial charge in [0.05, 0.1) is 0 Å². The molecule has 0 atom stereocenters. The summed E-state index contributed by atoms with van der Waals surface area (Å²) in [5.74, 6) is 2.28. The summed E-state index contributed by atoms with van der Waals surface area (Å²) in [6, 6.07) is 11.7. The third-order valence-corrected chi connectivity index (χ3v) is 4.51. The van der Waals surface area contributed by atoms with Crippen molar-refractivity contribution in [2.75, 3.05) is 6.54 Å². The van der Waals surface area contributed by atoms with Crippen molar-refractivity contribution in [1.29, 1.82) is 0 Å². The van der Waals surface area contributed by atoms with Crippen molar-refractivity contribution in [2.24, 2.45) is 5.92 Å². The topological polar surface area (TPSA) is 54.7 Å². The maximum atomic E-state index is 12.5. The Balaban J connectivity index is 1.62. The van der Waals surface area contributed by atoms with Crippen molar-refractivity contribution < 1.29 is 13.9 Å². The molecule has 27 heavy (non-hydrogen) atoms. The van der Waals surface area contributed by atoms with Crippen LogP contribution >= 0.6 is 12.2 Å². The summed E-state index contributed by atoms with van der Waals surface area (Å²) in [5, 5.41) is 3.40. The summed E-state index contributed by atoms with van der Waals surface area (Å²) in [5.41, 5.74) is 1.70. The predicted molar refractivity (Wildman–Crippen MR) is 109 cm³/mol. The fourth-order valence-corrected chi connectivity index (χ4v) is 3.04. The number of carbonyl (C=O) groups is 1. The molecule has 0 spiro atoms. The fourth-order valence-electron chi connectivity index (χ4n) is 2.77. The maximum Gasteiger partial charge on any atom is 0.276 e. The SMILES string of the molecule is CCc1ccc(OCc2ccc(/C=C3/NC(=S)N(CC(C)C)C3=O)o2)cc1. The highest BCUT2D eigenvalue weighted by molar-refractivity contribution is 7.80. The van der Waals surface area contributed by atoms with Crippen LogP contribution in [0.15, 0.2) is 46.5 Å². The fraction of sp³-hybridized carbons (Fsp3) is 0.333. The molecule has 1 amide bonds. The van der Waals surface area contributed by atoms with Gasteiger partial charge in [-0.1, -0.05) is 32.9 Å². The van der Waals surface area contributed by atoms with E-state index in [1.54, 1.807) is 11.0 Å². The summed E-state index contributed by atoms with van der Waals surface area (Å²) >= 11 is 5.25. The van der Waals surface area contributed by atoms with E-state index in [0.29, 0.717) is 41.4 Å². The molecule has 0 bridgehead atoms. The van der Waals surface area contributed by atoms with Crippen molar-refractivity contribution in [3.05, 3.63) is 59.2 Å². The van der Waals surface area contributed by atoms with Crippen molar-refractivity contribution >= 4 is 29.3 Å². The van der Waals surface area contributed by atoms with E-state index >= 15 is 0 Å². The summed E-state index contributed by atoms with van der Waals surface area (Å²) in [6.07, 6.45) is 2.68. The summed E-state index contributed by atoms with van der Waals surface area (Å²) < 4.78 is 11.5. The van der Waals surface area contributed by atoms with Crippen LogP contribution in [0.2, 0.25) is 0 Å². The van der Waals surface area contributed by atoms with Crippen LogP contribution in [0.25, 0.3) is 6.08 Å². The molecular weight excluding hydrogens is 360 g/mol. The van der Waals surface area contributed by atoms with Crippen LogP contribution in [-0.4, -0.2) is 22.5 Å². The Morgan fingerprint density at radius 3 is 2.63 bits per heavy atom. The van der Waals surface area contributed by atoms with Crippen molar-refractivity contribution in [2.45, 2.75) is 33.8 Å².